The molecule has 0 saturated heterocycles. The van der Waals surface area contributed by atoms with E-state index >= 15 is 0 Å². The largest absolute Gasteiger partial charge is 0.468 e. The number of hydrogen-bond donors (Lipinski definition) is 0. The molecule has 0 amide bonds. The van der Waals surface area contributed by atoms with Crippen LogP contribution in [0.2, 0.25) is 0 Å². The Balaban J connectivity index is 3.73. The molecule has 0 N–H and O–H groups in total. The SMILES string of the molecule is CC(C)(C)OP(=O)=O. The van der Waals surface area contributed by atoms with Crippen molar-refractivity contribution in [2.45, 2.75) is 26.4 Å². The van der Waals surface area contributed by atoms with Crippen molar-refractivity contribution in [2.24, 2.45) is 0 Å². The first-order valence-corrected chi connectivity index (χ1v) is 3.35. The van der Waals surface area contributed by atoms with E-state index in [0.29, 0.717) is 0 Å². The van der Waals surface area contributed by atoms with Gasteiger partial charge in [-0.2, -0.15) is 0 Å². The summed E-state index contributed by atoms with van der Waals surface area (Å²) in [5, 5.41) is 0. The van der Waals surface area contributed by atoms with Crippen LogP contribution in [0.4, 0.5) is 0 Å². The average molecular weight is 136 g/mol. The maximum atomic E-state index is 9.83. The molecule has 8 heavy (non-hydrogen) atoms. The van der Waals surface area contributed by atoms with Gasteiger partial charge in [0.2, 0.25) is 0 Å². The van der Waals surface area contributed by atoms with Gasteiger partial charge in [0.1, 0.15) is 0 Å². The highest BCUT2D eigenvalue weighted by Crippen LogP contribution is 2.18. The molecule has 48 valence electrons. The molecule has 4 heteroatoms. The van der Waals surface area contributed by atoms with E-state index in [9.17, 15) is 9.13 Å². The molecule has 0 radical (unpaired) electrons. The molecule has 0 aliphatic heterocycles. The Kier molecular flexibility index (Phi) is 2.38. The van der Waals surface area contributed by atoms with Crippen molar-refractivity contribution < 1.29 is 13.7 Å². The highest BCUT2D eigenvalue weighted by Gasteiger charge is 2.12. The van der Waals surface area contributed by atoms with Gasteiger partial charge in [0.25, 0.3) is 0 Å². The Bertz CT molecular complexity index is 123. The standard InChI is InChI=1S/C4H9O3P/c1-4(2,3)7-8(5)6/h1-3H3. The summed E-state index contributed by atoms with van der Waals surface area (Å²) in [5.41, 5.74) is -0.574. The van der Waals surface area contributed by atoms with Gasteiger partial charge in [-0.15, -0.1) is 0 Å². The molecule has 0 spiro atoms. The lowest BCUT2D eigenvalue weighted by atomic mass is 10.2. The second kappa shape index (κ2) is 2.42. The zero-order chi connectivity index (χ0) is 6.78. The summed E-state index contributed by atoms with van der Waals surface area (Å²) >= 11 is 0. The lowest BCUT2D eigenvalue weighted by molar-refractivity contribution is 0.135. The van der Waals surface area contributed by atoms with E-state index in [2.05, 4.69) is 4.52 Å². The van der Waals surface area contributed by atoms with Gasteiger partial charge in [-0.3, -0.25) is 4.52 Å². The van der Waals surface area contributed by atoms with E-state index in [1.54, 1.807) is 20.8 Å². The molecule has 0 saturated carbocycles. The van der Waals surface area contributed by atoms with Crippen LogP contribution in [0.1, 0.15) is 20.8 Å². The minimum absolute atomic E-state index is 0.574. The Morgan fingerprint density at radius 2 is 1.62 bits per heavy atom. The van der Waals surface area contributed by atoms with Crippen LogP contribution < -0.4 is 0 Å². The maximum absolute atomic E-state index is 9.83. The average Bonchev–Trinajstić information content (AvgIpc) is 1.21. The highest BCUT2D eigenvalue weighted by molar-refractivity contribution is 7.24. The van der Waals surface area contributed by atoms with Gasteiger partial charge in [0, 0.05) is 0 Å². The Labute approximate surface area is 48.9 Å². The topological polar surface area (TPSA) is 43.4 Å². The lowest BCUT2D eigenvalue weighted by Crippen LogP contribution is -2.13. The minimum Gasteiger partial charge on any atom is -0.266 e. The zero-order valence-electron chi connectivity index (χ0n) is 5.17. The molecule has 0 aliphatic rings. The van der Waals surface area contributed by atoms with Crippen molar-refractivity contribution in [1.29, 1.82) is 0 Å². The van der Waals surface area contributed by atoms with Gasteiger partial charge in [-0.05, 0) is 20.8 Å². The third kappa shape index (κ3) is 5.86. The van der Waals surface area contributed by atoms with Crippen molar-refractivity contribution in [1.82, 2.24) is 0 Å². The quantitative estimate of drug-likeness (QED) is 0.517. The fourth-order valence-corrected chi connectivity index (χ4v) is 0.671. The molecule has 3 nitrogen and oxygen atoms in total. The summed E-state index contributed by atoms with van der Waals surface area (Å²) in [6.07, 6.45) is 0. The molecule has 0 rings (SSSR count). The van der Waals surface area contributed by atoms with Crippen LogP contribution in [0.15, 0.2) is 0 Å². The van der Waals surface area contributed by atoms with Crippen molar-refractivity contribution in [2.75, 3.05) is 0 Å². The molecule has 0 aliphatic carbocycles. The lowest BCUT2D eigenvalue weighted by Gasteiger charge is -2.11. The minimum atomic E-state index is -2.69. The molecule has 0 unspecified atom stereocenters. The third-order valence-electron chi connectivity index (χ3n) is 0.348. The molecular weight excluding hydrogens is 127 g/mol. The van der Waals surface area contributed by atoms with E-state index in [4.69, 9.17) is 0 Å². The summed E-state index contributed by atoms with van der Waals surface area (Å²) < 4.78 is 24.1. The van der Waals surface area contributed by atoms with Gasteiger partial charge in [0.15, 0.2) is 0 Å². The van der Waals surface area contributed by atoms with Gasteiger partial charge >= 0.3 is 7.91 Å². The van der Waals surface area contributed by atoms with Crippen LogP contribution in [0, 0.1) is 0 Å². The van der Waals surface area contributed by atoms with Crippen LogP contribution in [0.5, 0.6) is 0 Å². The molecule has 0 aromatic carbocycles. The van der Waals surface area contributed by atoms with E-state index in [1.165, 1.54) is 0 Å². The molecule has 0 atom stereocenters. The van der Waals surface area contributed by atoms with Crippen molar-refractivity contribution >= 4 is 7.91 Å². The maximum Gasteiger partial charge on any atom is 0.468 e. The normalized spacial score (nSPS) is 11.4. The monoisotopic (exact) mass is 136 g/mol. The van der Waals surface area contributed by atoms with Gasteiger partial charge in [0.05, 0.1) is 5.60 Å². The summed E-state index contributed by atoms with van der Waals surface area (Å²) in [6, 6.07) is 0. The van der Waals surface area contributed by atoms with E-state index in [1.807, 2.05) is 0 Å². The predicted molar refractivity (Wildman–Crippen MR) is 29.1 cm³/mol. The summed E-state index contributed by atoms with van der Waals surface area (Å²) in [6.45, 7) is 5.04. The predicted octanol–water partition coefficient (Wildman–Crippen LogP) is 1.89. The van der Waals surface area contributed by atoms with Crippen LogP contribution in [-0.4, -0.2) is 5.60 Å². The Morgan fingerprint density at radius 1 is 1.25 bits per heavy atom. The van der Waals surface area contributed by atoms with Crippen LogP contribution >= 0.6 is 7.91 Å². The molecule has 0 aromatic rings. The first-order valence-electron chi connectivity index (χ1n) is 2.25. The third-order valence-corrected chi connectivity index (χ3v) is 1.05. The van der Waals surface area contributed by atoms with Crippen LogP contribution in [0.25, 0.3) is 0 Å². The number of hydrogen-bond acceptors (Lipinski definition) is 3. The van der Waals surface area contributed by atoms with Crippen molar-refractivity contribution in [3.8, 4) is 0 Å². The highest BCUT2D eigenvalue weighted by atomic mass is 31.1. The van der Waals surface area contributed by atoms with Crippen LogP contribution in [0.3, 0.4) is 0 Å². The van der Waals surface area contributed by atoms with Crippen LogP contribution in [-0.2, 0) is 13.7 Å². The number of rotatable bonds is 1. The molecule has 0 fully saturated rings. The molecule has 0 aromatic heterocycles. The molecular formula is C4H9O3P. The second-order valence-corrected chi connectivity index (χ2v) is 3.06. The van der Waals surface area contributed by atoms with Crippen molar-refractivity contribution in [3.63, 3.8) is 0 Å². The Hall–Kier alpha value is -0.140. The molecule has 0 bridgehead atoms. The molecule has 0 heterocycles. The summed E-state index contributed by atoms with van der Waals surface area (Å²) in [7, 11) is -2.69. The summed E-state index contributed by atoms with van der Waals surface area (Å²) in [5.74, 6) is 0. The first kappa shape index (κ1) is 7.86. The van der Waals surface area contributed by atoms with Gasteiger partial charge in [-0.1, -0.05) is 0 Å². The fourth-order valence-electron chi connectivity index (χ4n) is 0.224. The van der Waals surface area contributed by atoms with Gasteiger partial charge in [-0.25, -0.2) is 9.13 Å². The summed E-state index contributed by atoms with van der Waals surface area (Å²) in [4.78, 5) is 0. The van der Waals surface area contributed by atoms with E-state index in [0.717, 1.165) is 0 Å². The zero-order valence-corrected chi connectivity index (χ0v) is 6.07. The Morgan fingerprint density at radius 3 is 1.62 bits per heavy atom. The van der Waals surface area contributed by atoms with E-state index in [-0.39, 0.29) is 0 Å². The fraction of sp³-hybridized carbons (Fsp3) is 1.00. The van der Waals surface area contributed by atoms with Crippen molar-refractivity contribution in [3.05, 3.63) is 0 Å². The van der Waals surface area contributed by atoms with E-state index < -0.39 is 13.5 Å². The van der Waals surface area contributed by atoms with Gasteiger partial charge < -0.3 is 0 Å². The first-order chi connectivity index (χ1) is 3.42. The second-order valence-electron chi connectivity index (χ2n) is 2.43. The smallest absolute Gasteiger partial charge is 0.266 e.